The van der Waals surface area contributed by atoms with Gasteiger partial charge in [-0.1, -0.05) is 18.5 Å². The number of aromatic carboxylic acids is 1. The molecular formula is C13H16ClN3O2. The molecular weight excluding hydrogens is 266 g/mol. The van der Waals surface area contributed by atoms with E-state index in [2.05, 4.69) is 29.1 Å². The van der Waals surface area contributed by atoms with Gasteiger partial charge in [0.25, 0.3) is 0 Å². The highest BCUT2D eigenvalue weighted by Gasteiger charge is 2.14. The first-order valence-corrected chi connectivity index (χ1v) is 6.54. The summed E-state index contributed by atoms with van der Waals surface area (Å²) in [6.45, 7) is 4.75. The van der Waals surface area contributed by atoms with Crippen LogP contribution in [0.15, 0.2) is 12.3 Å². The standard InChI is InChI=1S/C13H16ClN3O2/c1-3-7(2)15-5-8-4-10(13(18)19)17-12-9(14)6-16-11(8)12/h4,6-7,15-16H,3,5H2,1-2H3,(H,18,19)/t7-/m0/s1. The molecule has 0 saturated heterocycles. The highest BCUT2D eigenvalue weighted by Crippen LogP contribution is 2.24. The topological polar surface area (TPSA) is 78.0 Å². The number of nitrogens with zero attached hydrogens (tertiary/aromatic N) is 1. The van der Waals surface area contributed by atoms with Crippen LogP contribution in [0.4, 0.5) is 0 Å². The Morgan fingerprint density at radius 2 is 2.37 bits per heavy atom. The minimum atomic E-state index is -1.05. The third-order valence-electron chi connectivity index (χ3n) is 3.14. The fourth-order valence-electron chi connectivity index (χ4n) is 1.81. The van der Waals surface area contributed by atoms with Crippen molar-refractivity contribution in [2.24, 2.45) is 0 Å². The second-order valence-electron chi connectivity index (χ2n) is 4.52. The van der Waals surface area contributed by atoms with Crippen LogP contribution in [0.2, 0.25) is 5.02 Å². The van der Waals surface area contributed by atoms with Crippen LogP contribution in [0.3, 0.4) is 0 Å². The van der Waals surface area contributed by atoms with Gasteiger partial charge in [0.05, 0.1) is 10.5 Å². The van der Waals surface area contributed by atoms with Crippen LogP contribution in [-0.4, -0.2) is 27.1 Å². The SMILES string of the molecule is CC[C@H](C)NCc1cc(C(=O)O)nc2c(Cl)c[nH]c12. The Bertz CT molecular complexity index is 609. The van der Waals surface area contributed by atoms with Crippen molar-refractivity contribution in [2.75, 3.05) is 0 Å². The Labute approximate surface area is 116 Å². The summed E-state index contributed by atoms with van der Waals surface area (Å²) in [5.41, 5.74) is 2.15. The van der Waals surface area contributed by atoms with Gasteiger partial charge >= 0.3 is 5.97 Å². The summed E-state index contributed by atoms with van der Waals surface area (Å²) in [6.07, 6.45) is 2.63. The number of fused-ring (bicyclic) bond motifs is 1. The van der Waals surface area contributed by atoms with Gasteiger partial charge in [-0.3, -0.25) is 0 Å². The molecule has 0 aliphatic heterocycles. The fourth-order valence-corrected chi connectivity index (χ4v) is 2.00. The lowest BCUT2D eigenvalue weighted by atomic mass is 10.1. The second kappa shape index (κ2) is 5.59. The molecule has 0 bridgehead atoms. The van der Waals surface area contributed by atoms with Crippen molar-refractivity contribution in [3.05, 3.63) is 28.5 Å². The number of rotatable bonds is 5. The van der Waals surface area contributed by atoms with Crippen molar-refractivity contribution >= 4 is 28.6 Å². The van der Waals surface area contributed by atoms with Gasteiger partial charge < -0.3 is 15.4 Å². The maximum atomic E-state index is 11.1. The van der Waals surface area contributed by atoms with Crippen molar-refractivity contribution in [3.63, 3.8) is 0 Å². The van der Waals surface area contributed by atoms with Gasteiger partial charge in [-0.2, -0.15) is 0 Å². The molecule has 0 radical (unpaired) electrons. The maximum absolute atomic E-state index is 11.1. The van der Waals surface area contributed by atoms with Crippen molar-refractivity contribution < 1.29 is 9.90 Å². The molecule has 5 nitrogen and oxygen atoms in total. The van der Waals surface area contributed by atoms with Crippen LogP contribution in [0.25, 0.3) is 11.0 Å². The lowest BCUT2D eigenvalue weighted by Gasteiger charge is -2.12. The first-order chi connectivity index (χ1) is 9.02. The van der Waals surface area contributed by atoms with E-state index in [-0.39, 0.29) is 5.69 Å². The minimum Gasteiger partial charge on any atom is -0.477 e. The van der Waals surface area contributed by atoms with Gasteiger partial charge in [0.15, 0.2) is 0 Å². The molecule has 3 N–H and O–H groups in total. The van der Waals surface area contributed by atoms with Crippen LogP contribution in [-0.2, 0) is 6.54 Å². The Morgan fingerprint density at radius 1 is 1.63 bits per heavy atom. The smallest absolute Gasteiger partial charge is 0.354 e. The number of hydrogen-bond donors (Lipinski definition) is 3. The molecule has 0 spiro atoms. The molecule has 2 aromatic rings. The predicted octanol–water partition coefficient (Wildman–Crippen LogP) is 2.80. The van der Waals surface area contributed by atoms with E-state index in [1.807, 2.05) is 0 Å². The molecule has 0 aliphatic rings. The molecule has 0 fully saturated rings. The normalized spacial score (nSPS) is 12.8. The van der Waals surface area contributed by atoms with Gasteiger partial charge in [0, 0.05) is 18.8 Å². The summed E-state index contributed by atoms with van der Waals surface area (Å²) >= 11 is 6.00. The first kappa shape index (κ1) is 13.8. The molecule has 1 atom stereocenters. The van der Waals surface area contributed by atoms with Gasteiger partial charge in [-0.05, 0) is 25.0 Å². The number of aromatic amines is 1. The van der Waals surface area contributed by atoms with E-state index in [1.165, 1.54) is 0 Å². The highest BCUT2D eigenvalue weighted by atomic mass is 35.5. The maximum Gasteiger partial charge on any atom is 0.354 e. The zero-order valence-electron chi connectivity index (χ0n) is 10.8. The molecule has 2 aromatic heterocycles. The minimum absolute atomic E-state index is 0.00921. The molecule has 2 heterocycles. The van der Waals surface area contributed by atoms with Crippen molar-refractivity contribution in [2.45, 2.75) is 32.9 Å². The molecule has 0 aromatic carbocycles. The van der Waals surface area contributed by atoms with E-state index >= 15 is 0 Å². The molecule has 102 valence electrons. The summed E-state index contributed by atoms with van der Waals surface area (Å²) in [6, 6.07) is 1.94. The van der Waals surface area contributed by atoms with Crippen LogP contribution in [0.1, 0.15) is 36.3 Å². The Hall–Kier alpha value is -1.59. The summed E-state index contributed by atoms with van der Waals surface area (Å²) in [4.78, 5) is 18.2. The number of carboxylic acids is 1. The van der Waals surface area contributed by atoms with E-state index in [0.29, 0.717) is 23.1 Å². The zero-order chi connectivity index (χ0) is 14.0. The number of carboxylic acid groups (broad SMARTS) is 1. The molecule has 0 aliphatic carbocycles. The molecule has 2 rings (SSSR count). The summed E-state index contributed by atoms with van der Waals surface area (Å²) < 4.78 is 0. The van der Waals surface area contributed by atoms with E-state index in [9.17, 15) is 4.79 Å². The van der Waals surface area contributed by atoms with Crippen LogP contribution >= 0.6 is 11.6 Å². The largest absolute Gasteiger partial charge is 0.477 e. The van der Waals surface area contributed by atoms with Crippen LogP contribution in [0, 0.1) is 0 Å². The predicted molar refractivity (Wildman–Crippen MR) is 74.7 cm³/mol. The van der Waals surface area contributed by atoms with Crippen molar-refractivity contribution in [1.29, 1.82) is 0 Å². The summed E-state index contributed by atoms with van der Waals surface area (Å²) in [5, 5.41) is 12.9. The molecule has 19 heavy (non-hydrogen) atoms. The van der Waals surface area contributed by atoms with E-state index in [0.717, 1.165) is 17.5 Å². The third kappa shape index (κ3) is 2.88. The number of pyridine rings is 1. The number of carbonyl (C=O) groups is 1. The Balaban J connectivity index is 2.42. The number of nitrogens with one attached hydrogen (secondary N) is 2. The van der Waals surface area contributed by atoms with Crippen molar-refractivity contribution in [3.8, 4) is 0 Å². The Kier molecular flexibility index (Phi) is 4.07. The fraction of sp³-hybridized carbons (Fsp3) is 0.385. The van der Waals surface area contributed by atoms with E-state index < -0.39 is 5.97 Å². The molecule has 0 amide bonds. The van der Waals surface area contributed by atoms with Gasteiger partial charge in [-0.25, -0.2) is 9.78 Å². The van der Waals surface area contributed by atoms with Crippen molar-refractivity contribution in [1.82, 2.24) is 15.3 Å². The zero-order valence-corrected chi connectivity index (χ0v) is 11.6. The first-order valence-electron chi connectivity index (χ1n) is 6.16. The lowest BCUT2D eigenvalue weighted by molar-refractivity contribution is 0.0691. The molecule has 0 saturated carbocycles. The Morgan fingerprint density at radius 3 is 3.00 bits per heavy atom. The quantitative estimate of drug-likeness (QED) is 0.787. The van der Waals surface area contributed by atoms with Gasteiger partial charge in [-0.15, -0.1) is 0 Å². The number of hydrogen-bond acceptors (Lipinski definition) is 3. The second-order valence-corrected chi connectivity index (χ2v) is 4.93. The molecule has 6 heteroatoms. The lowest BCUT2D eigenvalue weighted by Crippen LogP contribution is -2.24. The highest BCUT2D eigenvalue weighted by molar-refractivity contribution is 6.35. The summed E-state index contributed by atoms with van der Waals surface area (Å²) in [5.74, 6) is -1.05. The number of halogens is 1. The number of H-pyrrole nitrogens is 1. The van der Waals surface area contributed by atoms with E-state index in [1.54, 1.807) is 12.3 Å². The average molecular weight is 282 g/mol. The number of aromatic nitrogens is 2. The molecule has 0 unspecified atom stereocenters. The van der Waals surface area contributed by atoms with Gasteiger partial charge in [0.1, 0.15) is 11.2 Å². The van der Waals surface area contributed by atoms with E-state index in [4.69, 9.17) is 16.7 Å². The van der Waals surface area contributed by atoms with Crippen LogP contribution in [0.5, 0.6) is 0 Å². The third-order valence-corrected chi connectivity index (χ3v) is 3.43. The van der Waals surface area contributed by atoms with Gasteiger partial charge in [0.2, 0.25) is 0 Å². The van der Waals surface area contributed by atoms with Crippen LogP contribution < -0.4 is 5.32 Å². The monoisotopic (exact) mass is 281 g/mol. The average Bonchev–Trinajstić information content (AvgIpc) is 2.77. The summed E-state index contributed by atoms with van der Waals surface area (Å²) in [7, 11) is 0.